The van der Waals surface area contributed by atoms with Crippen LogP contribution in [-0.2, 0) is 10.0 Å². The average Bonchev–Trinajstić information content (AvgIpc) is 2.56. The smallest absolute Gasteiger partial charge is 0.253 e. The van der Waals surface area contributed by atoms with Crippen LogP contribution in [0, 0.1) is 20.8 Å². The molecule has 26 heavy (non-hydrogen) atoms. The van der Waals surface area contributed by atoms with Gasteiger partial charge in [0.15, 0.2) is 0 Å². The van der Waals surface area contributed by atoms with Crippen LogP contribution in [0.3, 0.4) is 0 Å². The maximum absolute atomic E-state index is 12.8. The summed E-state index contributed by atoms with van der Waals surface area (Å²) >= 11 is 0. The fourth-order valence-electron chi connectivity index (χ4n) is 2.92. The standard InChI is InChI=1S/C20H26N2O3S/c1-13-11-15(3)18(12-14(13)2)16(4)21-20(23)17-9-7-8-10-19(17)22(5)26(6,24)25/h7-12,16H,1-6H3,(H,21,23). The molecular formula is C20H26N2O3S. The van der Waals surface area contributed by atoms with E-state index in [9.17, 15) is 13.2 Å². The molecule has 1 N–H and O–H groups in total. The highest BCUT2D eigenvalue weighted by molar-refractivity contribution is 7.92. The number of para-hydroxylation sites is 1. The zero-order chi connectivity index (χ0) is 19.6. The Morgan fingerprint density at radius 1 is 1.04 bits per heavy atom. The van der Waals surface area contributed by atoms with Crippen molar-refractivity contribution >= 4 is 21.6 Å². The van der Waals surface area contributed by atoms with Crippen LogP contribution in [0.5, 0.6) is 0 Å². The molecule has 6 heteroatoms. The van der Waals surface area contributed by atoms with Crippen LogP contribution in [0.25, 0.3) is 0 Å². The zero-order valence-corrected chi connectivity index (χ0v) is 16.9. The molecule has 2 aromatic rings. The lowest BCUT2D eigenvalue weighted by molar-refractivity contribution is 0.0940. The molecule has 0 saturated carbocycles. The molecule has 0 fully saturated rings. The molecule has 0 aromatic heterocycles. The first-order chi connectivity index (χ1) is 12.0. The molecular weight excluding hydrogens is 348 g/mol. The third-order valence-corrected chi connectivity index (χ3v) is 5.87. The lowest BCUT2D eigenvalue weighted by Crippen LogP contribution is -2.31. The van der Waals surface area contributed by atoms with E-state index in [-0.39, 0.29) is 11.9 Å². The summed E-state index contributed by atoms with van der Waals surface area (Å²) in [5, 5.41) is 2.99. The van der Waals surface area contributed by atoms with Crippen molar-refractivity contribution in [2.45, 2.75) is 33.7 Å². The third-order valence-electron chi connectivity index (χ3n) is 4.68. The first-order valence-electron chi connectivity index (χ1n) is 8.44. The number of hydrogen-bond donors (Lipinski definition) is 1. The van der Waals surface area contributed by atoms with E-state index in [0.29, 0.717) is 11.3 Å². The number of carbonyl (C=O) groups is 1. The normalized spacial score (nSPS) is 12.5. The molecule has 0 bridgehead atoms. The molecule has 0 heterocycles. The van der Waals surface area contributed by atoms with Crippen LogP contribution in [0.2, 0.25) is 0 Å². The number of sulfonamides is 1. The highest BCUT2D eigenvalue weighted by atomic mass is 32.2. The quantitative estimate of drug-likeness (QED) is 0.871. The van der Waals surface area contributed by atoms with Gasteiger partial charge in [-0.2, -0.15) is 0 Å². The maximum atomic E-state index is 12.8. The van der Waals surface area contributed by atoms with Gasteiger partial charge < -0.3 is 5.32 Å². The Morgan fingerprint density at radius 3 is 2.23 bits per heavy atom. The maximum Gasteiger partial charge on any atom is 0.253 e. The monoisotopic (exact) mass is 374 g/mol. The second kappa shape index (κ2) is 7.50. The molecule has 140 valence electrons. The lowest BCUT2D eigenvalue weighted by atomic mass is 9.96. The van der Waals surface area contributed by atoms with Crippen molar-refractivity contribution in [3.8, 4) is 0 Å². The fourth-order valence-corrected chi connectivity index (χ4v) is 3.44. The van der Waals surface area contributed by atoms with Gasteiger partial charge in [0.05, 0.1) is 23.5 Å². The summed E-state index contributed by atoms with van der Waals surface area (Å²) in [6, 6.07) is 10.7. The van der Waals surface area contributed by atoms with E-state index in [1.54, 1.807) is 24.3 Å². The number of rotatable bonds is 5. The highest BCUT2D eigenvalue weighted by Gasteiger charge is 2.21. The van der Waals surface area contributed by atoms with Crippen LogP contribution in [-0.4, -0.2) is 27.6 Å². The molecule has 1 amide bonds. The number of aryl methyl sites for hydroxylation is 3. The predicted molar refractivity (Wildman–Crippen MR) is 106 cm³/mol. The number of benzene rings is 2. The summed E-state index contributed by atoms with van der Waals surface area (Å²) < 4.78 is 24.8. The summed E-state index contributed by atoms with van der Waals surface area (Å²) in [5.74, 6) is -0.304. The first kappa shape index (κ1) is 20.0. The van der Waals surface area contributed by atoms with Gasteiger partial charge in [0.2, 0.25) is 10.0 Å². The van der Waals surface area contributed by atoms with Crippen LogP contribution in [0.1, 0.15) is 45.6 Å². The van der Waals surface area contributed by atoms with E-state index in [4.69, 9.17) is 0 Å². The lowest BCUT2D eigenvalue weighted by Gasteiger charge is -2.22. The molecule has 0 aliphatic carbocycles. The summed E-state index contributed by atoms with van der Waals surface area (Å²) in [6.07, 6.45) is 1.11. The molecule has 2 aromatic carbocycles. The molecule has 1 atom stereocenters. The van der Waals surface area contributed by atoms with E-state index in [1.807, 2.05) is 20.8 Å². The summed E-state index contributed by atoms with van der Waals surface area (Å²) in [6.45, 7) is 8.06. The van der Waals surface area contributed by atoms with Gasteiger partial charge in [0.1, 0.15) is 0 Å². The Balaban J connectivity index is 2.33. The van der Waals surface area contributed by atoms with E-state index in [1.165, 1.54) is 18.2 Å². The molecule has 5 nitrogen and oxygen atoms in total. The largest absolute Gasteiger partial charge is 0.345 e. The summed E-state index contributed by atoms with van der Waals surface area (Å²) in [5.41, 5.74) is 5.23. The van der Waals surface area contributed by atoms with Crippen LogP contribution in [0.4, 0.5) is 5.69 Å². The van der Waals surface area contributed by atoms with Gasteiger partial charge in [-0.05, 0) is 62.1 Å². The number of anilines is 1. The fraction of sp³-hybridized carbons (Fsp3) is 0.350. The van der Waals surface area contributed by atoms with Crippen molar-refractivity contribution in [3.63, 3.8) is 0 Å². The number of carbonyl (C=O) groups excluding carboxylic acids is 1. The number of nitrogens with one attached hydrogen (secondary N) is 1. The molecule has 0 radical (unpaired) electrons. The van der Waals surface area contributed by atoms with Crippen molar-refractivity contribution in [1.82, 2.24) is 5.32 Å². The zero-order valence-electron chi connectivity index (χ0n) is 16.1. The number of amides is 1. The highest BCUT2D eigenvalue weighted by Crippen LogP contribution is 2.25. The van der Waals surface area contributed by atoms with E-state index in [0.717, 1.165) is 21.7 Å². The van der Waals surface area contributed by atoms with Crippen LogP contribution < -0.4 is 9.62 Å². The second-order valence-corrected chi connectivity index (χ2v) is 8.75. The van der Waals surface area contributed by atoms with Crippen molar-refractivity contribution in [3.05, 3.63) is 64.2 Å². The van der Waals surface area contributed by atoms with E-state index in [2.05, 4.69) is 24.4 Å². The Bertz CT molecular complexity index is 936. The van der Waals surface area contributed by atoms with Gasteiger partial charge in [0, 0.05) is 7.05 Å². The molecule has 0 spiro atoms. The molecule has 1 unspecified atom stereocenters. The van der Waals surface area contributed by atoms with Crippen molar-refractivity contribution in [2.75, 3.05) is 17.6 Å². The Morgan fingerprint density at radius 2 is 1.62 bits per heavy atom. The van der Waals surface area contributed by atoms with Gasteiger partial charge >= 0.3 is 0 Å². The van der Waals surface area contributed by atoms with Crippen molar-refractivity contribution in [1.29, 1.82) is 0 Å². The SMILES string of the molecule is Cc1cc(C)c(C(C)NC(=O)c2ccccc2N(C)S(C)(=O)=O)cc1C. The van der Waals surface area contributed by atoms with Crippen molar-refractivity contribution in [2.24, 2.45) is 0 Å². The van der Waals surface area contributed by atoms with E-state index >= 15 is 0 Å². The van der Waals surface area contributed by atoms with Gasteiger partial charge in [-0.1, -0.05) is 24.3 Å². The minimum Gasteiger partial charge on any atom is -0.345 e. The van der Waals surface area contributed by atoms with Gasteiger partial charge in [-0.3, -0.25) is 9.10 Å². The minimum absolute atomic E-state index is 0.196. The Kier molecular flexibility index (Phi) is 5.76. The van der Waals surface area contributed by atoms with Gasteiger partial charge in [0.25, 0.3) is 5.91 Å². The molecule has 2 rings (SSSR count). The van der Waals surface area contributed by atoms with Crippen molar-refractivity contribution < 1.29 is 13.2 Å². The second-order valence-electron chi connectivity index (χ2n) is 6.74. The number of hydrogen-bond acceptors (Lipinski definition) is 3. The first-order valence-corrected chi connectivity index (χ1v) is 10.3. The summed E-state index contributed by atoms with van der Waals surface area (Å²) in [4.78, 5) is 12.8. The predicted octanol–water partition coefficient (Wildman–Crippen LogP) is 3.50. The van der Waals surface area contributed by atoms with Crippen LogP contribution >= 0.6 is 0 Å². The van der Waals surface area contributed by atoms with Gasteiger partial charge in [-0.15, -0.1) is 0 Å². The van der Waals surface area contributed by atoms with E-state index < -0.39 is 10.0 Å². The molecule has 0 aliphatic rings. The van der Waals surface area contributed by atoms with Gasteiger partial charge in [-0.25, -0.2) is 8.42 Å². The third kappa shape index (κ3) is 4.25. The number of nitrogens with zero attached hydrogens (tertiary/aromatic N) is 1. The topological polar surface area (TPSA) is 66.5 Å². The Labute approximate surface area is 156 Å². The Hall–Kier alpha value is -2.34. The molecule has 0 aliphatic heterocycles. The van der Waals surface area contributed by atoms with Crippen LogP contribution in [0.15, 0.2) is 36.4 Å². The minimum atomic E-state index is -3.46. The average molecular weight is 375 g/mol. The summed E-state index contributed by atoms with van der Waals surface area (Å²) in [7, 11) is -2.01. The molecule has 0 saturated heterocycles.